The Morgan fingerprint density at radius 3 is 1.20 bits per heavy atom. The molecule has 0 fully saturated rings. The van der Waals surface area contributed by atoms with Crippen LogP contribution in [-0.2, 0) is 37.4 Å². The maximum Gasteiger partial charge on any atom is 0.313 e. The first-order chi connectivity index (χ1) is 30.3. The van der Waals surface area contributed by atoms with E-state index in [4.69, 9.17) is 9.05 Å². The maximum atomic E-state index is 14.1. The molecule has 0 bridgehead atoms. The van der Waals surface area contributed by atoms with Gasteiger partial charge in [-0.25, -0.2) is 0 Å². The minimum atomic E-state index is -3.99. The molecule has 17 heteroatoms. The lowest BCUT2D eigenvalue weighted by Gasteiger charge is -2.22. The van der Waals surface area contributed by atoms with E-state index in [0.29, 0.717) is 59.3 Å². The summed E-state index contributed by atoms with van der Waals surface area (Å²) in [5.41, 5.74) is 2.54. The van der Waals surface area contributed by atoms with Crippen molar-refractivity contribution in [1.29, 1.82) is 0 Å². The number of nitrogens with zero attached hydrogens (tertiary/aromatic N) is 1. The van der Waals surface area contributed by atoms with Crippen LogP contribution in [0, 0.1) is 41.5 Å². The number of nitrogens with one attached hydrogen (secondary N) is 4. The van der Waals surface area contributed by atoms with Crippen molar-refractivity contribution < 1.29 is 46.9 Å². The summed E-state index contributed by atoms with van der Waals surface area (Å²) in [6.45, 7) is 15.1. The Hall–Kier alpha value is -5.56. The fourth-order valence-corrected chi connectivity index (χ4v) is 11.7. The molecule has 0 radical (unpaired) electrons. The van der Waals surface area contributed by atoms with E-state index in [2.05, 4.69) is 21.3 Å². The third kappa shape index (κ3) is 12.0. The number of amides is 4. The minimum absolute atomic E-state index is 0.0447. The second-order valence-electron chi connectivity index (χ2n) is 15.4. The van der Waals surface area contributed by atoms with Crippen molar-refractivity contribution in [2.24, 2.45) is 0 Å². The summed E-state index contributed by atoms with van der Waals surface area (Å²) in [5, 5.41) is 11.0. The topological polar surface area (TPSA) is 206 Å². The molecule has 4 aromatic carbocycles. The third-order valence-corrected chi connectivity index (χ3v) is 15.3. The third-order valence-electron chi connectivity index (χ3n) is 10.6. The van der Waals surface area contributed by atoms with Crippen LogP contribution in [0.15, 0.2) is 72.8 Å². The van der Waals surface area contributed by atoms with Crippen LogP contribution >= 0.6 is 14.7 Å². The zero-order valence-electron chi connectivity index (χ0n) is 38.0. The highest BCUT2D eigenvalue weighted by atomic mass is 31.2. The molecule has 4 amide bonds. The Bertz CT molecular complexity index is 2320. The molecule has 0 heterocycles. The van der Waals surface area contributed by atoms with Crippen LogP contribution in [0.4, 0.5) is 11.4 Å². The normalized spacial score (nSPS) is 13.0. The van der Waals surface area contributed by atoms with Gasteiger partial charge in [0.15, 0.2) is 0 Å². The number of hydrogen-bond acceptors (Lipinski definition) is 11. The maximum absolute atomic E-state index is 14.1. The molecule has 0 aliphatic rings. The van der Waals surface area contributed by atoms with Crippen molar-refractivity contribution in [3.63, 3.8) is 0 Å². The summed E-state index contributed by atoms with van der Waals surface area (Å²) < 4.78 is 39.3. The highest BCUT2D eigenvalue weighted by molar-refractivity contribution is 7.84. The van der Waals surface area contributed by atoms with Crippen LogP contribution in [0.25, 0.3) is 0 Å². The molecule has 2 unspecified atom stereocenters. The largest absolute Gasteiger partial charge is 0.348 e. The average Bonchev–Trinajstić information content (AvgIpc) is 3.26. The lowest BCUT2D eigenvalue weighted by molar-refractivity contribution is -0.136. The first-order valence-corrected chi connectivity index (χ1v) is 24.4. The molecule has 64 heavy (non-hydrogen) atoms. The van der Waals surface area contributed by atoms with Crippen molar-refractivity contribution in [3.05, 3.63) is 117 Å². The van der Waals surface area contributed by atoms with Gasteiger partial charge >= 0.3 is 38.4 Å². The van der Waals surface area contributed by atoms with Gasteiger partial charge in [0, 0.05) is 46.2 Å². The van der Waals surface area contributed by atoms with E-state index in [1.165, 1.54) is 0 Å². The molecular weight excluding hydrogens is 856 g/mol. The minimum Gasteiger partial charge on any atom is -0.348 e. The Morgan fingerprint density at radius 2 is 0.875 bits per heavy atom. The second kappa shape index (κ2) is 22.9. The molecule has 4 N–H and O–H groups in total. The Labute approximate surface area is 375 Å². The SMILES string of the molecule is CCOP(=O)(C(=O)c1c(C)cc(C)c(NC(=O)C(=O)NCCCN(C)CCCNC(=O)C(=O)Nc2c(C)cc(C)c(C(=O)P(=O)(OCC)c3ccccc3)c2C)c1C)c1ccccc1. The van der Waals surface area contributed by atoms with Gasteiger partial charge in [-0.3, -0.25) is 37.9 Å². The van der Waals surface area contributed by atoms with Crippen molar-refractivity contribution >= 4 is 71.4 Å². The Kier molecular flexibility index (Phi) is 18.3. The second-order valence-corrected chi connectivity index (χ2v) is 20.0. The first kappa shape index (κ1) is 51.1. The quantitative estimate of drug-likeness (QED) is 0.0421. The zero-order valence-corrected chi connectivity index (χ0v) is 39.8. The van der Waals surface area contributed by atoms with Crippen LogP contribution in [0.1, 0.15) is 80.8 Å². The summed E-state index contributed by atoms with van der Waals surface area (Å²) in [6.07, 6.45) is 1.01. The van der Waals surface area contributed by atoms with Gasteiger partial charge in [0.1, 0.15) is 0 Å². The van der Waals surface area contributed by atoms with Gasteiger partial charge in [0.25, 0.3) is 11.0 Å². The number of hydrogen-bond donors (Lipinski definition) is 4. The van der Waals surface area contributed by atoms with Crippen molar-refractivity contribution in [1.82, 2.24) is 15.5 Å². The van der Waals surface area contributed by atoms with E-state index in [-0.39, 0.29) is 59.4 Å². The van der Waals surface area contributed by atoms with E-state index in [0.717, 1.165) is 0 Å². The molecule has 0 saturated carbocycles. The lowest BCUT2D eigenvalue weighted by Crippen LogP contribution is -2.38. The summed E-state index contributed by atoms with van der Waals surface area (Å²) in [5.74, 6) is -3.57. The molecule has 342 valence electrons. The van der Waals surface area contributed by atoms with Crippen LogP contribution in [0.3, 0.4) is 0 Å². The van der Waals surface area contributed by atoms with Crippen molar-refractivity contribution in [3.8, 4) is 0 Å². The van der Waals surface area contributed by atoms with Gasteiger partial charge in [0.2, 0.25) is 0 Å². The lowest BCUT2D eigenvalue weighted by atomic mass is 9.98. The highest BCUT2D eigenvalue weighted by Gasteiger charge is 2.39. The van der Waals surface area contributed by atoms with Gasteiger partial charge in [-0.1, -0.05) is 48.5 Å². The van der Waals surface area contributed by atoms with Gasteiger partial charge in [-0.2, -0.15) is 0 Å². The van der Waals surface area contributed by atoms with Crippen molar-refractivity contribution in [2.45, 2.75) is 68.2 Å². The molecule has 0 aliphatic heterocycles. The molecule has 2 atom stereocenters. The van der Waals surface area contributed by atoms with E-state index < -0.39 is 49.4 Å². The standard InChI is InChI=1S/C47H59N5O10P2/c1-10-61-63(59,36-20-14-12-15-21-36)46(57)38-30(3)28-32(5)40(34(38)7)50-44(55)42(53)48-24-18-26-52(9)27-19-25-49-43(54)45(56)51-41-33(6)29-31(4)39(35(41)8)47(58)64(60,62-11-2)37-22-16-13-17-23-37/h12-17,20-23,28-29H,10-11,18-19,24-27H2,1-9H3,(H,48,53)(H,49,54)(H,50,55)(H,51,56). The van der Waals surface area contributed by atoms with Crippen LogP contribution in [-0.4, -0.2) is 86.0 Å². The van der Waals surface area contributed by atoms with E-state index >= 15 is 0 Å². The number of carbonyl (C=O) groups is 6. The van der Waals surface area contributed by atoms with Gasteiger partial charge in [-0.05, 0) is 146 Å². The van der Waals surface area contributed by atoms with Gasteiger partial charge < -0.3 is 35.2 Å². The van der Waals surface area contributed by atoms with Gasteiger partial charge in [-0.15, -0.1) is 0 Å². The van der Waals surface area contributed by atoms with Gasteiger partial charge in [0.05, 0.1) is 13.2 Å². The number of benzene rings is 4. The van der Waals surface area contributed by atoms with E-state index in [9.17, 15) is 37.9 Å². The number of anilines is 2. The summed E-state index contributed by atoms with van der Waals surface area (Å²) in [6, 6.07) is 19.9. The zero-order chi connectivity index (χ0) is 47.4. The van der Waals surface area contributed by atoms with Crippen LogP contribution in [0.5, 0.6) is 0 Å². The van der Waals surface area contributed by atoms with E-state index in [1.54, 1.807) is 128 Å². The molecule has 0 aromatic heterocycles. The molecule has 0 aliphatic carbocycles. The van der Waals surface area contributed by atoms with Crippen LogP contribution in [0.2, 0.25) is 0 Å². The fraction of sp³-hybridized carbons (Fsp3) is 0.362. The number of aryl methyl sites for hydroxylation is 4. The van der Waals surface area contributed by atoms with E-state index in [1.807, 2.05) is 11.9 Å². The Balaban J connectivity index is 1.25. The summed E-state index contributed by atoms with van der Waals surface area (Å²) >= 11 is 0. The molecule has 0 spiro atoms. The molecule has 0 saturated heterocycles. The monoisotopic (exact) mass is 915 g/mol. The average molecular weight is 916 g/mol. The molecule has 15 nitrogen and oxygen atoms in total. The smallest absolute Gasteiger partial charge is 0.313 e. The molecule has 4 aromatic rings. The van der Waals surface area contributed by atoms with Crippen molar-refractivity contribution in [2.75, 3.05) is 57.1 Å². The summed E-state index contributed by atoms with van der Waals surface area (Å²) in [4.78, 5) is 81.4. The summed E-state index contributed by atoms with van der Waals surface area (Å²) in [7, 11) is -6.13. The molecular formula is C47H59N5O10P2. The predicted molar refractivity (Wildman–Crippen MR) is 251 cm³/mol. The van der Waals surface area contributed by atoms with Crippen LogP contribution < -0.4 is 31.9 Å². The number of carbonyl (C=O) groups excluding carboxylic acids is 6. The molecule has 4 rings (SSSR count). The first-order valence-electron chi connectivity index (χ1n) is 21.1. The predicted octanol–water partition coefficient (Wildman–Crippen LogP) is 6.62. The highest BCUT2D eigenvalue weighted by Crippen LogP contribution is 2.52. The fourth-order valence-electron chi connectivity index (χ4n) is 7.54. The number of rotatable bonds is 20. The Morgan fingerprint density at radius 1 is 0.531 bits per heavy atom.